The second-order valence-electron chi connectivity index (χ2n) is 4.30. The smallest absolute Gasteiger partial charge is 0.151 e. The summed E-state index contributed by atoms with van der Waals surface area (Å²) < 4.78 is 36.2. The molecule has 92 valence electrons. The maximum absolute atomic E-state index is 13.1. The van der Waals surface area contributed by atoms with Gasteiger partial charge in [-0.15, -0.1) is 0 Å². The highest BCUT2D eigenvalue weighted by Crippen LogP contribution is 2.52. The predicted molar refractivity (Wildman–Crippen MR) is 68.0 cm³/mol. The Morgan fingerprint density at radius 3 is 2.53 bits per heavy atom. The minimum absolute atomic E-state index is 0.176. The molecular weight excluding hydrogens is 261 g/mol. The topological polar surface area (TPSA) is 60.2 Å². The molecule has 3 nitrogen and oxygen atoms in total. The van der Waals surface area contributed by atoms with Crippen LogP contribution in [0.15, 0.2) is 24.3 Å². The van der Waals surface area contributed by atoms with E-state index in [1.54, 1.807) is 12.1 Å². The number of benzene rings is 1. The molecule has 0 saturated heterocycles. The Balaban J connectivity index is 2.37. The molecule has 0 spiro atoms. The van der Waals surface area contributed by atoms with Crippen LogP contribution in [0, 0.1) is 11.7 Å². The van der Waals surface area contributed by atoms with Crippen molar-refractivity contribution in [2.75, 3.05) is 6.26 Å². The second-order valence-corrected chi connectivity index (χ2v) is 6.98. The Bertz CT molecular complexity index is 571. The van der Waals surface area contributed by atoms with Crippen molar-refractivity contribution in [2.24, 2.45) is 11.7 Å². The summed E-state index contributed by atoms with van der Waals surface area (Å²) in [5, 5.41) is -0.609. The van der Waals surface area contributed by atoms with Crippen LogP contribution in [-0.4, -0.2) is 24.9 Å². The van der Waals surface area contributed by atoms with Gasteiger partial charge in [0.05, 0.1) is 10.2 Å². The van der Waals surface area contributed by atoms with Crippen LogP contribution >= 0.6 is 12.2 Å². The number of thiocarbonyl (C=S) groups is 1. The molecule has 17 heavy (non-hydrogen) atoms. The number of hydrogen-bond acceptors (Lipinski definition) is 3. The Kier molecular flexibility index (Phi) is 2.95. The van der Waals surface area contributed by atoms with E-state index in [2.05, 4.69) is 0 Å². The molecule has 0 aliphatic heterocycles. The van der Waals surface area contributed by atoms with Crippen LogP contribution in [0.2, 0.25) is 0 Å². The zero-order valence-electron chi connectivity index (χ0n) is 9.13. The Morgan fingerprint density at radius 2 is 2.12 bits per heavy atom. The first-order valence-electron chi connectivity index (χ1n) is 5.06. The van der Waals surface area contributed by atoms with Crippen LogP contribution in [0.25, 0.3) is 0 Å². The van der Waals surface area contributed by atoms with Gasteiger partial charge in [-0.05, 0) is 17.7 Å². The van der Waals surface area contributed by atoms with E-state index in [-0.39, 0.29) is 22.6 Å². The first-order valence-corrected chi connectivity index (χ1v) is 7.42. The largest absolute Gasteiger partial charge is 0.393 e. The Labute approximate surface area is 105 Å². The van der Waals surface area contributed by atoms with E-state index >= 15 is 0 Å². The van der Waals surface area contributed by atoms with E-state index < -0.39 is 15.1 Å². The fraction of sp³-hybridized carbons (Fsp3) is 0.364. The normalized spacial score (nSPS) is 27.8. The lowest BCUT2D eigenvalue weighted by atomic mass is 10.1. The van der Waals surface area contributed by atoms with E-state index in [1.165, 1.54) is 12.1 Å². The third kappa shape index (κ3) is 2.32. The molecule has 1 fully saturated rings. The molecule has 1 aliphatic carbocycles. The molecule has 0 radical (unpaired) electrons. The molecule has 2 rings (SSSR count). The van der Waals surface area contributed by atoms with E-state index in [0.29, 0.717) is 5.56 Å². The van der Waals surface area contributed by atoms with Crippen LogP contribution in [0.3, 0.4) is 0 Å². The van der Waals surface area contributed by atoms with Crippen molar-refractivity contribution in [1.29, 1.82) is 0 Å². The summed E-state index contributed by atoms with van der Waals surface area (Å²) in [6, 6.07) is 5.90. The quantitative estimate of drug-likeness (QED) is 0.842. The highest BCUT2D eigenvalue weighted by molar-refractivity contribution is 7.91. The lowest BCUT2D eigenvalue weighted by molar-refractivity contribution is 0.599. The molecule has 2 N–H and O–H groups in total. The first kappa shape index (κ1) is 12.4. The summed E-state index contributed by atoms with van der Waals surface area (Å²) in [5.41, 5.74) is 6.16. The zero-order chi connectivity index (χ0) is 12.8. The third-order valence-corrected chi connectivity index (χ3v) is 4.86. The van der Waals surface area contributed by atoms with Gasteiger partial charge in [0, 0.05) is 18.1 Å². The van der Waals surface area contributed by atoms with Gasteiger partial charge in [-0.25, -0.2) is 12.8 Å². The molecule has 0 aromatic heterocycles. The van der Waals surface area contributed by atoms with Crippen molar-refractivity contribution in [3.8, 4) is 0 Å². The second kappa shape index (κ2) is 4.03. The van der Waals surface area contributed by atoms with Crippen molar-refractivity contribution in [2.45, 2.75) is 11.2 Å². The molecule has 3 atom stereocenters. The van der Waals surface area contributed by atoms with Crippen LogP contribution in [-0.2, 0) is 9.84 Å². The standard InChI is InChI=1S/C11H12FNO2S2/c1-17(14,15)10-8(9(10)11(13)16)6-3-2-4-7(12)5-6/h2-5,8-10H,1H3,(H2,13,16)/t8-,9-,10+/m0/s1. The van der Waals surface area contributed by atoms with Gasteiger partial charge in [0.25, 0.3) is 0 Å². The maximum Gasteiger partial charge on any atom is 0.151 e. The third-order valence-electron chi connectivity index (χ3n) is 3.01. The van der Waals surface area contributed by atoms with Gasteiger partial charge in [-0.2, -0.15) is 0 Å². The van der Waals surface area contributed by atoms with E-state index in [1.807, 2.05) is 0 Å². The van der Waals surface area contributed by atoms with Gasteiger partial charge in [0.15, 0.2) is 9.84 Å². The lowest BCUT2D eigenvalue weighted by Crippen LogP contribution is -2.16. The van der Waals surface area contributed by atoms with Crippen LogP contribution < -0.4 is 5.73 Å². The molecule has 1 aromatic rings. The van der Waals surface area contributed by atoms with E-state index in [0.717, 1.165) is 6.26 Å². The Morgan fingerprint density at radius 1 is 1.47 bits per heavy atom. The summed E-state index contributed by atoms with van der Waals surface area (Å²) >= 11 is 4.86. The summed E-state index contributed by atoms with van der Waals surface area (Å²) in [5.74, 6) is -1.07. The van der Waals surface area contributed by atoms with Crippen molar-refractivity contribution in [3.05, 3.63) is 35.6 Å². The minimum atomic E-state index is -3.22. The first-order chi connectivity index (χ1) is 7.82. The predicted octanol–water partition coefficient (Wildman–Crippen LogP) is 1.24. The average Bonchev–Trinajstić information content (AvgIpc) is 2.91. The van der Waals surface area contributed by atoms with E-state index in [9.17, 15) is 12.8 Å². The number of sulfone groups is 1. The van der Waals surface area contributed by atoms with Crippen LogP contribution in [0.1, 0.15) is 11.5 Å². The molecule has 0 amide bonds. The minimum Gasteiger partial charge on any atom is -0.393 e. The average molecular weight is 273 g/mol. The number of nitrogens with two attached hydrogens (primary N) is 1. The van der Waals surface area contributed by atoms with Gasteiger partial charge in [0.2, 0.25) is 0 Å². The van der Waals surface area contributed by atoms with Gasteiger partial charge < -0.3 is 5.73 Å². The monoisotopic (exact) mass is 273 g/mol. The fourth-order valence-electron chi connectivity index (χ4n) is 2.27. The Hall–Kier alpha value is -1.01. The summed E-state index contributed by atoms with van der Waals surface area (Å²) in [7, 11) is -3.22. The lowest BCUT2D eigenvalue weighted by Gasteiger charge is -1.99. The van der Waals surface area contributed by atoms with Gasteiger partial charge in [-0.3, -0.25) is 0 Å². The highest BCUT2D eigenvalue weighted by Gasteiger charge is 2.58. The van der Waals surface area contributed by atoms with Crippen LogP contribution in [0.5, 0.6) is 0 Å². The summed E-state index contributed by atoms with van der Waals surface area (Å²) in [4.78, 5) is 0.176. The highest BCUT2D eigenvalue weighted by atomic mass is 32.2. The summed E-state index contributed by atoms with van der Waals surface area (Å²) in [6.45, 7) is 0. The number of hydrogen-bond donors (Lipinski definition) is 1. The van der Waals surface area contributed by atoms with Crippen molar-refractivity contribution >= 4 is 27.0 Å². The van der Waals surface area contributed by atoms with Gasteiger partial charge in [-0.1, -0.05) is 24.4 Å². The van der Waals surface area contributed by atoms with Crippen molar-refractivity contribution in [3.63, 3.8) is 0 Å². The van der Waals surface area contributed by atoms with Crippen molar-refractivity contribution in [1.82, 2.24) is 0 Å². The molecule has 6 heteroatoms. The molecule has 0 bridgehead atoms. The number of rotatable bonds is 3. The maximum atomic E-state index is 13.1. The molecule has 1 aliphatic rings. The zero-order valence-corrected chi connectivity index (χ0v) is 10.8. The molecule has 1 aromatic carbocycles. The van der Waals surface area contributed by atoms with Gasteiger partial charge >= 0.3 is 0 Å². The number of halogens is 1. The molecule has 0 heterocycles. The molecular formula is C11H12FNO2S2. The SMILES string of the molecule is CS(=O)(=O)[C@H]1[C@@H](C(N)=S)[C@@H]1c1cccc(F)c1. The molecule has 0 unspecified atom stereocenters. The summed E-state index contributed by atoms with van der Waals surface area (Å²) in [6.07, 6.45) is 1.15. The van der Waals surface area contributed by atoms with Gasteiger partial charge in [0.1, 0.15) is 5.82 Å². The van der Waals surface area contributed by atoms with Crippen molar-refractivity contribution < 1.29 is 12.8 Å². The van der Waals surface area contributed by atoms with E-state index in [4.69, 9.17) is 18.0 Å². The molecule has 1 saturated carbocycles. The fourth-order valence-corrected chi connectivity index (χ4v) is 4.26. The van der Waals surface area contributed by atoms with Crippen LogP contribution in [0.4, 0.5) is 4.39 Å².